The highest BCUT2D eigenvalue weighted by atomic mass is 16.4. The summed E-state index contributed by atoms with van der Waals surface area (Å²) in [4.78, 5) is 25.3. The monoisotopic (exact) mass is 298 g/mol. The number of carboxylic acids is 1. The summed E-state index contributed by atoms with van der Waals surface area (Å²) in [6.07, 6.45) is 1.95. The Bertz CT molecular complexity index is 385. The van der Waals surface area contributed by atoms with Crippen molar-refractivity contribution >= 4 is 12.0 Å². The Morgan fingerprint density at radius 1 is 1.10 bits per heavy atom. The first kappa shape index (κ1) is 17.8. The maximum Gasteiger partial charge on any atom is 0.326 e. The SMILES string of the molecule is CC(C)(C)C1CCN(C(=O)N[C@@H](C(=O)O)C(C)(C)C)CC1. The molecule has 0 aromatic rings. The normalized spacial score (nSPS) is 19.2. The minimum atomic E-state index is -0.986. The molecule has 1 atom stereocenters. The molecule has 1 fully saturated rings. The van der Waals surface area contributed by atoms with Crippen LogP contribution in [0.2, 0.25) is 0 Å². The number of nitrogens with one attached hydrogen (secondary N) is 1. The van der Waals surface area contributed by atoms with E-state index in [1.54, 1.807) is 4.90 Å². The largest absolute Gasteiger partial charge is 0.480 e. The number of urea groups is 1. The predicted molar refractivity (Wildman–Crippen MR) is 83.2 cm³/mol. The van der Waals surface area contributed by atoms with Gasteiger partial charge in [-0.3, -0.25) is 0 Å². The fourth-order valence-electron chi connectivity index (χ4n) is 2.81. The molecule has 0 saturated carbocycles. The number of rotatable bonds is 2. The number of piperidine rings is 1. The zero-order valence-corrected chi connectivity index (χ0v) is 14.2. The van der Waals surface area contributed by atoms with E-state index in [-0.39, 0.29) is 11.4 Å². The number of carbonyl (C=O) groups is 2. The molecule has 0 radical (unpaired) electrons. The van der Waals surface area contributed by atoms with Gasteiger partial charge < -0.3 is 15.3 Å². The number of amides is 2. The van der Waals surface area contributed by atoms with E-state index in [9.17, 15) is 14.7 Å². The average Bonchev–Trinajstić information content (AvgIpc) is 2.33. The van der Waals surface area contributed by atoms with Crippen LogP contribution in [0, 0.1) is 16.7 Å². The lowest BCUT2D eigenvalue weighted by atomic mass is 9.75. The van der Waals surface area contributed by atoms with E-state index in [1.807, 2.05) is 20.8 Å². The Hall–Kier alpha value is -1.26. The van der Waals surface area contributed by atoms with Crippen LogP contribution >= 0.6 is 0 Å². The molecule has 1 aliphatic heterocycles. The highest BCUT2D eigenvalue weighted by molar-refractivity contribution is 5.83. The van der Waals surface area contributed by atoms with Crippen LogP contribution in [0.5, 0.6) is 0 Å². The van der Waals surface area contributed by atoms with Crippen LogP contribution < -0.4 is 5.32 Å². The second-order valence-corrected chi connectivity index (χ2v) is 8.21. The maximum atomic E-state index is 12.3. The number of nitrogens with zero attached hydrogens (tertiary/aromatic N) is 1. The highest BCUT2D eigenvalue weighted by Crippen LogP contribution is 2.34. The highest BCUT2D eigenvalue weighted by Gasteiger charge is 2.35. The molecule has 0 aliphatic carbocycles. The van der Waals surface area contributed by atoms with Crippen LogP contribution in [-0.2, 0) is 4.79 Å². The lowest BCUT2D eigenvalue weighted by Gasteiger charge is -2.39. The summed E-state index contributed by atoms with van der Waals surface area (Å²) in [7, 11) is 0. The van der Waals surface area contributed by atoms with E-state index in [2.05, 4.69) is 26.1 Å². The van der Waals surface area contributed by atoms with Gasteiger partial charge in [-0.05, 0) is 29.6 Å². The second kappa shape index (κ2) is 6.24. The topological polar surface area (TPSA) is 69.6 Å². The number of hydrogen-bond donors (Lipinski definition) is 2. The van der Waals surface area contributed by atoms with E-state index in [4.69, 9.17) is 0 Å². The van der Waals surface area contributed by atoms with Gasteiger partial charge in [-0.2, -0.15) is 0 Å². The van der Waals surface area contributed by atoms with Crippen LogP contribution in [0.1, 0.15) is 54.4 Å². The zero-order chi connectivity index (χ0) is 16.4. The Labute approximate surface area is 128 Å². The van der Waals surface area contributed by atoms with Gasteiger partial charge >= 0.3 is 12.0 Å². The molecular formula is C16H30N2O3. The third-order valence-electron chi connectivity index (χ3n) is 4.39. The molecule has 5 heteroatoms. The van der Waals surface area contributed by atoms with Gasteiger partial charge in [0.1, 0.15) is 6.04 Å². The van der Waals surface area contributed by atoms with Gasteiger partial charge in [0.2, 0.25) is 0 Å². The summed E-state index contributed by atoms with van der Waals surface area (Å²) in [6.45, 7) is 13.5. The first-order valence-electron chi connectivity index (χ1n) is 7.71. The fraction of sp³-hybridized carbons (Fsp3) is 0.875. The van der Waals surface area contributed by atoms with Crippen LogP contribution in [0.15, 0.2) is 0 Å². The third kappa shape index (κ3) is 4.90. The molecule has 2 N–H and O–H groups in total. The summed E-state index contributed by atoms with van der Waals surface area (Å²) in [5.74, 6) is -0.375. The molecule has 0 unspecified atom stereocenters. The summed E-state index contributed by atoms with van der Waals surface area (Å²) in [5, 5.41) is 11.9. The summed E-state index contributed by atoms with van der Waals surface area (Å²) in [5.41, 5.74) is -0.247. The van der Waals surface area contributed by atoms with Crippen molar-refractivity contribution in [3.8, 4) is 0 Å². The number of carbonyl (C=O) groups excluding carboxylic acids is 1. The van der Waals surface area contributed by atoms with Crippen molar-refractivity contribution < 1.29 is 14.7 Å². The van der Waals surface area contributed by atoms with Gasteiger partial charge in [-0.1, -0.05) is 41.5 Å². The zero-order valence-electron chi connectivity index (χ0n) is 14.2. The van der Waals surface area contributed by atoms with Gasteiger partial charge in [0.15, 0.2) is 0 Å². The Kier molecular flexibility index (Phi) is 5.29. The number of hydrogen-bond acceptors (Lipinski definition) is 2. The molecule has 1 aliphatic rings. The molecule has 1 saturated heterocycles. The molecule has 5 nitrogen and oxygen atoms in total. The van der Waals surface area contributed by atoms with Crippen LogP contribution in [-0.4, -0.2) is 41.1 Å². The number of aliphatic carboxylic acids is 1. The van der Waals surface area contributed by atoms with Gasteiger partial charge in [0, 0.05) is 13.1 Å². The van der Waals surface area contributed by atoms with Gasteiger partial charge in [-0.25, -0.2) is 9.59 Å². The number of carboxylic acid groups (broad SMARTS) is 1. The first-order chi connectivity index (χ1) is 9.43. The van der Waals surface area contributed by atoms with Crippen LogP contribution in [0.25, 0.3) is 0 Å². The minimum absolute atomic E-state index is 0.260. The molecule has 0 bridgehead atoms. The molecule has 21 heavy (non-hydrogen) atoms. The molecule has 0 spiro atoms. The van der Waals surface area contributed by atoms with Crippen LogP contribution in [0.4, 0.5) is 4.79 Å². The lowest BCUT2D eigenvalue weighted by molar-refractivity contribution is -0.142. The Balaban J connectivity index is 2.60. The molecule has 122 valence electrons. The third-order valence-corrected chi connectivity index (χ3v) is 4.39. The van der Waals surface area contributed by atoms with Crippen LogP contribution in [0.3, 0.4) is 0 Å². The van der Waals surface area contributed by atoms with Crippen molar-refractivity contribution in [1.82, 2.24) is 10.2 Å². The molecule has 1 heterocycles. The summed E-state index contributed by atoms with van der Waals surface area (Å²) < 4.78 is 0. The standard InChI is InChI=1S/C16H30N2O3/c1-15(2,3)11-7-9-18(10-8-11)14(21)17-12(13(19)20)16(4,5)6/h11-12H,7-10H2,1-6H3,(H,17,21)(H,19,20)/t12-/m0/s1. The fourth-order valence-corrected chi connectivity index (χ4v) is 2.81. The van der Waals surface area contributed by atoms with Gasteiger partial charge in [0.05, 0.1) is 0 Å². The van der Waals surface area contributed by atoms with Gasteiger partial charge in [-0.15, -0.1) is 0 Å². The van der Waals surface area contributed by atoms with E-state index < -0.39 is 17.4 Å². The maximum absolute atomic E-state index is 12.3. The minimum Gasteiger partial charge on any atom is -0.480 e. The average molecular weight is 298 g/mol. The molecule has 2 amide bonds. The Morgan fingerprint density at radius 2 is 1.57 bits per heavy atom. The van der Waals surface area contributed by atoms with Crippen molar-refractivity contribution in [2.45, 2.75) is 60.4 Å². The van der Waals surface area contributed by atoms with Crippen molar-refractivity contribution in [2.24, 2.45) is 16.7 Å². The van der Waals surface area contributed by atoms with E-state index in [0.29, 0.717) is 19.0 Å². The van der Waals surface area contributed by atoms with E-state index in [0.717, 1.165) is 12.8 Å². The van der Waals surface area contributed by atoms with Crippen molar-refractivity contribution in [1.29, 1.82) is 0 Å². The molecule has 1 rings (SSSR count). The van der Waals surface area contributed by atoms with E-state index in [1.165, 1.54) is 0 Å². The number of likely N-dealkylation sites (tertiary alicyclic amines) is 1. The second-order valence-electron chi connectivity index (χ2n) is 8.21. The van der Waals surface area contributed by atoms with E-state index >= 15 is 0 Å². The first-order valence-corrected chi connectivity index (χ1v) is 7.71. The van der Waals surface area contributed by atoms with Crippen molar-refractivity contribution in [3.05, 3.63) is 0 Å². The smallest absolute Gasteiger partial charge is 0.326 e. The summed E-state index contributed by atoms with van der Waals surface area (Å²) in [6, 6.07) is -1.13. The van der Waals surface area contributed by atoms with Crippen molar-refractivity contribution in [3.63, 3.8) is 0 Å². The van der Waals surface area contributed by atoms with Crippen molar-refractivity contribution in [2.75, 3.05) is 13.1 Å². The molecular weight excluding hydrogens is 268 g/mol. The summed E-state index contributed by atoms with van der Waals surface area (Å²) >= 11 is 0. The quantitative estimate of drug-likeness (QED) is 0.823. The van der Waals surface area contributed by atoms with Gasteiger partial charge in [0.25, 0.3) is 0 Å². The lowest BCUT2D eigenvalue weighted by Crippen LogP contribution is -2.54. The predicted octanol–water partition coefficient (Wildman–Crippen LogP) is 2.95. The molecule has 0 aromatic carbocycles. The Morgan fingerprint density at radius 3 is 1.90 bits per heavy atom. The molecule has 0 aromatic heterocycles.